The van der Waals surface area contributed by atoms with Gasteiger partial charge < -0.3 is 14.8 Å². The average molecular weight is 424 g/mol. The number of carbonyl (C=O) groups is 1. The lowest BCUT2D eigenvalue weighted by Crippen LogP contribution is -2.34. The summed E-state index contributed by atoms with van der Waals surface area (Å²) >= 11 is 1.63. The van der Waals surface area contributed by atoms with Gasteiger partial charge in [0.2, 0.25) is 0 Å². The van der Waals surface area contributed by atoms with E-state index in [0.29, 0.717) is 17.9 Å². The Hall–Kier alpha value is -3.23. The van der Waals surface area contributed by atoms with E-state index in [1.54, 1.807) is 46.5 Å². The van der Waals surface area contributed by atoms with Crippen LogP contribution in [0.3, 0.4) is 0 Å². The summed E-state index contributed by atoms with van der Waals surface area (Å²) in [5.41, 5.74) is 1.81. The number of nitrogens with one attached hydrogen (secondary N) is 1. The van der Waals surface area contributed by atoms with Crippen molar-refractivity contribution in [1.82, 2.24) is 24.6 Å². The Morgan fingerprint density at radius 2 is 1.97 bits per heavy atom. The maximum atomic E-state index is 14.4. The molecular weight excluding hydrogens is 401 g/mol. The standard InChI is InChI=1S/C22H22FN5OS/c1-26(2)20(16-9-12-30-15-16)14-24-21(29)17-13-25-28(19-8-4-3-7-18(19)23)22(17)27-10-5-6-11-27/h3-13,15,20H,14H2,1-2H3,(H,24,29). The molecular formula is C22H22FN5OS. The number of rotatable bonds is 7. The SMILES string of the molecule is CN(C)C(CNC(=O)c1cnn(-c2ccccc2F)c1-n1cccc1)c1ccsc1. The molecule has 1 N–H and O–H groups in total. The molecule has 8 heteroatoms. The van der Waals surface area contributed by atoms with Crippen molar-refractivity contribution in [3.05, 3.63) is 88.8 Å². The number of amides is 1. The Kier molecular flexibility index (Phi) is 5.78. The van der Waals surface area contributed by atoms with E-state index < -0.39 is 5.82 Å². The molecule has 0 aliphatic rings. The maximum Gasteiger partial charge on any atom is 0.256 e. The van der Waals surface area contributed by atoms with Crippen molar-refractivity contribution in [3.63, 3.8) is 0 Å². The Balaban J connectivity index is 1.66. The van der Waals surface area contributed by atoms with Gasteiger partial charge in [0.15, 0.2) is 5.82 Å². The largest absolute Gasteiger partial charge is 0.350 e. The molecule has 0 saturated carbocycles. The highest BCUT2D eigenvalue weighted by Crippen LogP contribution is 2.23. The summed E-state index contributed by atoms with van der Waals surface area (Å²) < 4.78 is 17.6. The topological polar surface area (TPSA) is 55.1 Å². The van der Waals surface area contributed by atoms with Crippen LogP contribution in [-0.4, -0.2) is 45.8 Å². The number of para-hydroxylation sites is 1. The number of benzene rings is 1. The molecule has 154 valence electrons. The first-order valence-electron chi connectivity index (χ1n) is 9.49. The molecule has 0 saturated heterocycles. The van der Waals surface area contributed by atoms with Crippen LogP contribution < -0.4 is 5.32 Å². The molecule has 0 bridgehead atoms. The zero-order chi connectivity index (χ0) is 21.1. The van der Waals surface area contributed by atoms with Gasteiger partial charge in [-0.25, -0.2) is 9.07 Å². The Bertz CT molecular complexity index is 1120. The minimum absolute atomic E-state index is 0.0526. The number of thiophene rings is 1. The van der Waals surface area contributed by atoms with Gasteiger partial charge >= 0.3 is 0 Å². The number of likely N-dealkylation sites (N-methyl/N-ethyl adjacent to an activating group) is 1. The minimum Gasteiger partial charge on any atom is -0.350 e. The van der Waals surface area contributed by atoms with Gasteiger partial charge in [0, 0.05) is 18.9 Å². The molecule has 1 atom stereocenters. The lowest BCUT2D eigenvalue weighted by Gasteiger charge is -2.24. The second-order valence-electron chi connectivity index (χ2n) is 7.08. The van der Waals surface area contributed by atoms with Crippen LogP contribution in [0.4, 0.5) is 4.39 Å². The number of carbonyl (C=O) groups excluding carboxylic acids is 1. The molecule has 30 heavy (non-hydrogen) atoms. The summed E-state index contributed by atoms with van der Waals surface area (Å²) in [5, 5.41) is 11.4. The van der Waals surface area contributed by atoms with E-state index in [-0.39, 0.29) is 17.6 Å². The second-order valence-corrected chi connectivity index (χ2v) is 7.86. The van der Waals surface area contributed by atoms with E-state index in [4.69, 9.17) is 0 Å². The summed E-state index contributed by atoms with van der Waals surface area (Å²) in [6.07, 6.45) is 5.09. The molecule has 1 amide bonds. The number of aromatic nitrogens is 3. The molecule has 4 rings (SSSR count). The van der Waals surface area contributed by atoms with Crippen molar-refractivity contribution in [3.8, 4) is 11.5 Å². The van der Waals surface area contributed by atoms with E-state index in [0.717, 1.165) is 5.56 Å². The molecule has 0 aliphatic heterocycles. The third kappa shape index (κ3) is 3.92. The zero-order valence-electron chi connectivity index (χ0n) is 16.7. The van der Waals surface area contributed by atoms with E-state index in [1.807, 2.05) is 31.6 Å². The maximum absolute atomic E-state index is 14.4. The van der Waals surface area contributed by atoms with Crippen LogP contribution in [-0.2, 0) is 0 Å². The van der Waals surface area contributed by atoms with Crippen molar-refractivity contribution < 1.29 is 9.18 Å². The van der Waals surface area contributed by atoms with Gasteiger partial charge in [-0.05, 0) is 60.8 Å². The molecule has 6 nitrogen and oxygen atoms in total. The summed E-state index contributed by atoms with van der Waals surface area (Å²) in [7, 11) is 3.96. The van der Waals surface area contributed by atoms with Crippen LogP contribution in [0.25, 0.3) is 11.5 Å². The van der Waals surface area contributed by atoms with Gasteiger partial charge in [0.25, 0.3) is 5.91 Å². The van der Waals surface area contributed by atoms with Gasteiger partial charge in [-0.2, -0.15) is 16.4 Å². The van der Waals surface area contributed by atoms with Crippen molar-refractivity contribution in [2.24, 2.45) is 0 Å². The quantitative estimate of drug-likeness (QED) is 0.491. The highest BCUT2D eigenvalue weighted by Gasteiger charge is 2.23. The third-order valence-electron chi connectivity index (χ3n) is 4.93. The third-order valence-corrected chi connectivity index (χ3v) is 5.63. The molecule has 0 fully saturated rings. The van der Waals surface area contributed by atoms with Crippen LogP contribution in [0, 0.1) is 5.82 Å². The molecule has 0 radical (unpaired) electrons. The number of hydrogen-bond donors (Lipinski definition) is 1. The predicted octanol–water partition coefficient (Wildman–Crippen LogP) is 3.90. The normalized spacial score (nSPS) is 12.3. The van der Waals surface area contributed by atoms with Crippen LogP contribution in [0.1, 0.15) is 22.0 Å². The Morgan fingerprint density at radius 3 is 2.63 bits per heavy atom. The van der Waals surface area contributed by atoms with Crippen LogP contribution in [0.5, 0.6) is 0 Å². The average Bonchev–Trinajstić information content (AvgIpc) is 3.49. The molecule has 3 heterocycles. The predicted molar refractivity (Wildman–Crippen MR) is 116 cm³/mol. The summed E-state index contributed by atoms with van der Waals surface area (Å²) in [6.45, 7) is 0.443. The highest BCUT2D eigenvalue weighted by molar-refractivity contribution is 7.07. The molecule has 3 aromatic heterocycles. The van der Waals surface area contributed by atoms with Gasteiger partial charge in [0.1, 0.15) is 17.1 Å². The fourth-order valence-electron chi connectivity index (χ4n) is 3.37. The van der Waals surface area contributed by atoms with E-state index >= 15 is 0 Å². The first kappa shape index (κ1) is 20.1. The van der Waals surface area contributed by atoms with Crippen LogP contribution in [0.2, 0.25) is 0 Å². The zero-order valence-corrected chi connectivity index (χ0v) is 17.5. The first-order valence-corrected chi connectivity index (χ1v) is 10.4. The molecule has 0 aliphatic carbocycles. The Morgan fingerprint density at radius 1 is 1.20 bits per heavy atom. The van der Waals surface area contributed by atoms with Gasteiger partial charge in [-0.3, -0.25) is 4.79 Å². The number of nitrogens with zero attached hydrogens (tertiary/aromatic N) is 4. The second kappa shape index (κ2) is 8.64. The molecule has 4 aromatic rings. The number of halogens is 1. The van der Waals surface area contributed by atoms with Crippen LogP contribution >= 0.6 is 11.3 Å². The monoisotopic (exact) mass is 423 g/mol. The van der Waals surface area contributed by atoms with Gasteiger partial charge in [-0.15, -0.1) is 0 Å². The van der Waals surface area contributed by atoms with E-state index in [9.17, 15) is 9.18 Å². The molecule has 1 unspecified atom stereocenters. The summed E-state index contributed by atoms with van der Waals surface area (Å²) in [4.78, 5) is 15.2. The molecule has 1 aromatic carbocycles. The minimum atomic E-state index is -0.411. The summed E-state index contributed by atoms with van der Waals surface area (Å²) in [5.74, 6) is -0.186. The van der Waals surface area contributed by atoms with Crippen molar-refractivity contribution in [1.29, 1.82) is 0 Å². The highest BCUT2D eigenvalue weighted by atomic mass is 32.1. The lowest BCUT2D eigenvalue weighted by molar-refractivity contribution is 0.0942. The number of hydrogen-bond acceptors (Lipinski definition) is 4. The Labute approximate surface area is 178 Å². The lowest BCUT2D eigenvalue weighted by atomic mass is 10.1. The van der Waals surface area contributed by atoms with Crippen molar-refractivity contribution >= 4 is 17.2 Å². The van der Waals surface area contributed by atoms with E-state index in [1.165, 1.54) is 16.9 Å². The van der Waals surface area contributed by atoms with Crippen molar-refractivity contribution in [2.75, 3.05) is 20.6 Å². The molecule has 0 spiro atoms. The fraction of sp³-hybridized carbons (Fsp3) is 0.182. The van der Waals surface area contributed by atoms with Crippen molar-refractivity contribution in [2.45, 2.75) is 6.04 Å². The first-order chi connectivity index (χ1) is 14.6. The smallest absolute Gasteiger partial charge is 0.256 e. The fourth-order valence-corrected chi connectivity index (χ4v) is 4.08. The summed E-state index contributed by atoms with van der Waals surface area (Å²) in [6, 6.07) is 12.2. The van der Waals surface area contributed by atoms with E-state index in [2.05, 4.69) is 26.8 Å². The van der Waals surface area contributed by atoms with Gasteiger partial charge in [-0.1, -0.05) is 12.1 Å². The van der Waals surface area contributed by atoms with Gasteiger partial charge in [0.05, 0.1) is 12.2 Å². The van der Waals surface area contributed by atoms with Crippen LogP contribution in [0.15, 0.2) is 71.8 Å².